The summed E-state index contributed by atoms with van der Waals surface area (Å²) in [5, 5.41) is 5.02. The summed E-state index contributed by atoms with van der Waals surface area (Å²) in [6.07, 6.45) is 0. The Bertz CT molecular complexity index is 3490. The van der Waals surface area contributed by atoms with Gasteiger partial charge >= 0.3 is 0 Å². The minimum Gasteiger partial charge on any atom is -0.228 e. The first-order valence-corrected chi connectivity index (χ1v) is 21.7. The van der Waals surface area contributed by atoms with Gasteiger partial charge in [-0.2, -0.15) is 0 Å². The number of fused-ring (bicyclic) bond motifs is 7. The molecule has 2 aromatic heterocycles. The maximum atomic E-state index is 5.38. The SMILES string of the molecule is CC1(c2ccccc2)c2ccccc2-c2cc(-c3cc(-c4cc(-c5ccc6sc7ccccc7c6c5)cc(-c5cccc6ccccc56)c4)nc(-c4ccccc4)n3)ccc21. The lowest BCUT2D eigenvalue weighted by molar-refractivity contribution is 0.714. The van der Waals surface area contributed by atoms with Crippen molar-refractivity contribution in [1.82, 2.24) is 9.97 Å². The lowest BCUT2D eigenvalue weighted by atomic mass is 9.74. The van der Waals surface area contributed by atoms with Crippen LogP contribution in [0.4, 0.5) is 0 Å². The van der Waals surface area contributed by atoms with Crippen LogP contribution in [0.25, 0.3) is 98.2 Å². The molecule has 2 nitrogen and oxygen atoms in total. The molecule has 0 saturated carbocycles. The van der Waals surface area contributed by atoms with Gasteiger partial charge in [0.2, 0.25) is 0 Å². The van der Waals surface area contributed by atoms with Crippen molar-refractivity contribution in [2.75, 3.05) is 0 Å². The third kappa shape index (κ3) is 5.84. The molecule has 0 saturated heterocycles. The number of aromatic nitrogens is 2. The van der Waals surface area contributed by atoms with E-state index < -0.39 is 0 Å². The molecule has 0 aliphatic heterocycles. The van der Waals surface area contributed by atoms with Crippen LogP contribution in [-0.2, 0) is 5.41 Å². The summed E-state index contributed by atoms with van der Waals surface area (Å²) in [7, 11) is 0. The van der Waals surface area contributed by atoms with Gasteiger partial charge in [0.25, 0.3) is 0 Å². The minimum absolute atomic E-state index is 0.269. The van der Waals surface area contributed by atoms with Gasteiger partial charge in [0, 0.05) is 42.3 Å². The summed E-state index contributed by atoms with van der Waals surface area (Å²) >= 11 is 1.85. The second-order valence-electron chi connectivity index (χ2n) is 16.3. The van der Waals surface area contributed by atoms with Crippen molar-refractivity contribution < 1.29 is 0 Å². The number of thiophene rings is 1. The molecule has 1 atom stereocenters. The second kappa shape index (κ2) is 14.1. The van der Waals surface area contributed by atoms with Gasteiger partial charge in [0.1, 0.15) is 0 Å². The Morgan fingerprint density at radius 1 is 0.361 bits per heavy atom. The van der Waals surface area contributed by atoms with Crippen LogP contribution in [0, 0.1) is 0 Å². The van der Waals surface area contributed by atoms with Crippen molar-refractivity contribution in [3.63, 3.8) is 0 Å². The molecule has 1 aliphatic rings. The molecule has 0 fully saturated rings. The van der Waals surface area contributed by atoms with Gasteiger partial charge in [0.05, 0.1) is 11.4 Å². The van der Waals surface area contributed by atoms with E-state index in [1.54, 1.807) is 0 Å². The van der Waals surface area contributed by atoms with Crippen LogP contribution < -0.4 is 0 Å². The average Bonchev–Trinajstić information content (AvgIpc) is 3.84. The summed E-state index contributed by atoms with van der Waals surface area (Å²) in [5.74, 6) is 0.700. The number of rotatable bonds is 6. The maximum Gasteiger partial charge on any atom is 0.160 e. The monoisotopic (exact) mass is 794 g/mol. The average molecular weight is 795 g/mol. The lowest BCUT2D eigenvalue weighted by Crippen LogP contribution is -2.22. The van der Waals surface area contributed by atoms with Crippen LogP contribution in [0.3, 0.4) is 0 Å². The smallest absolute Gasteiger partial charge is 0.160 e. The lowest BCUT2D eigenvalue weighted by Gasteiger charge is -2.28. The van der Waals surface area contributed by atoms with Gasteiger partial charge in [-0.15, -0.1) is 11.3 Å². The maximum absolute atomic E-state index is 5.38. The van der Waals surface area contributed by atoms with Crippen LogP contribution in [0.5, 0.6) is 0 Å². The Hall–Kier alpha value is -7.46. The third-order valence-corrected chi connectivity index (χ3v) is 13.9. The van der Waals surface area contributed by atoms with Crippen molar-refractivity contribution in [1.29, 1.82) is 0 Å². The Morgan fingerprint density at radius 3 is 1.85 bits per heavy atom. The van der Waals surface area contributed by atoms with Crippen LogP contribution in [0.1, 0.15) is 23.6 Å². The van der Waals surface area contributed by atoms with E-state index >= 15 is 0 Å². The van der Waals surface area contributed by atoms with Gasteiger partial charge in [-0.3, -0.25) is 0 Å². The Balaban J connectivity index is 1.08. The largest absolute Gasteiger partial charge is 0.228 e. The highest BCUT2D eigenvalue weighted by Gasteiger charge is 2.40. The van der Waals surface area contributed by atoms with Crippen molar-refractivity contribution >= 4 is 42.3 Å². The van der Waals surface area contributed by atoms with E-state index in [-0.39, 0.29) is 5.41 Å². The fourth-order valence-electron chi connectivity index (χ4n) is 9.68. The summed E-state index contributed by atoms with van der Waals surface area (Å²) in [4.78, 5) is 10.7. The molecule has 9 aromatic carbocycles. The van der Waals surface area contributed by atoms with E-state index in [9.17, 15) is 0 Å². The zero-order valence-corrected chi connectivity index (χ0v) is 34.3. The minimum atomic E-state index is -0.269. The topological polar surface area (TPSA) is 25.8 Å². The molecular formula is C58H38N2S. The number of benzene rings is 9. The first kappa shape index (κ1) is 35.5. The summed E-state index contributed by atoms with van der Waals surface area (Å²) in [6, 6.07) is 77.2. The standard InChI is InChI=1S/C58H38N2S/c1-58(44-19-6-3-7-20-44)51-25-12-10-22-47(51)49-35-40(27-29-52(49)58)53-36-54(60-57(59-53)38-16-4-2-5-17-38)43-32-41(31-42(33-43)46-24-14-18-37-15-8-9-21-45(37)46)39-28-30-56-50(34-39)48-23-11-13-26-55(48)61-56/h2-36H,1H3. The molecule has 12 rings (SSSR count). The van der Waals surface area contributed by atoms with Crippen molar-refractivity contribution in [2.45, 2.75) is 12.3 Å². The van der Waals surface area contributed by atoms with E-state index in [1.165, 1.54) is 69.9 Å². The fourth-order valence-corrected chi connectivity index (χ4v) is 10.8. The van der Waals surface area contributed by atoms with E-state index in [2.05, 4.69) is 213 Å². The molecule has 11 aromatic rings. The Kier molecular flexibility index (Phi) is 8.19. The Labute approximate surface area is 359 Å². The van der Waals surface area contributed by atoms with Crippen LogP contribution >= 0.6 is 11.3 Å². The van der Waals surface area contributed by atoms with Crippen molar-refractivity contribution in [3.05, 3.63) is 229 Å². The highest BCUT2D eigenvalue weighted by molar-refractivity contribution is 7.25. The zero-order valence-electron chi connectivity index (χ0n) is 33.5. The molecule has 0 radical (unpaired) electrons. The molecule has 2 heterocycles. The molecule has 0 amide bonds. The van der Waals surface area contributed by atoms with Gasteiger partial charge in [0.15, 0.2) is 5.82 Å². The van der Waals surface area contributed by atoms with Crippen molar-refractivity contribution in [3.8, 4) is 67.3 Å². The predicted molar refractivity (Wildman–Crippen MR) is 257 cm³/mol. The molecule has 0 N–H and O–H groups in total. The van der Waals surface area contributed by atoms with E-state index in [0.717, 1.165) is 39.2 Å². The van der Waals surface area contributed by atoms with Crippen LogP contribution in [0.2, 0.25) is 0 Å². The van der Waals surface area contributed by atoms with Crippen LogP contribution in [0.15, 0.2) is 212 Å². The first-order valence-electron chi connectivity index (χ1n) is 20.9. The number of hydrogen-bond donors (Lipinski definition) is 0. The number of hydrogen-bond acceptors (Lipinski definition) is 3. The third-order valence-electron chi connectivity index (χ3n) is 12.8. The zero-order chi connectivity index (χ0) is 40.5. The molecule has 1 unspecified atom stereocenters. The predicted octanol–water partition coefficient (Wildman–Crippen LogP) is 15.7. The van der Waals surface area contributed by atoms with Crippen LogP contribution in [-0.4, -0.2) is 9.97 Å². The van der Waals surface area contributed by atoms with E-state index in [1.807, 2.05) is 17.4 Å². The van der Waals surface area contributed by atoms with Gasteiger partial charge in [-0.25, -0.2) is 9.97 Å². The van der Waals surface area contributed by atoms with E-state index in [0.29, 0.717) is 5.82 Å². The molecule has 0 spiro atoms. The van der Waals surface area contributed by atoms with Gasteiger partial charge in [-0.05, 0) is 116 Å². The summed E-state index contributed by atoms with van der Waals surface area (Å²) in [6.45, 7) is 2.36. The molecule has 1 aliphatic carbocycles. The normalized spacial score (nSPS) is 14.4. The van der Waals surface area contributed by atoms with Gasteiger partial charge < -0.3 is 0 Å². The highest BCUT2D eigenvalue weighted by Crippen LogP contribution is 2.53. The van der Waals surface area contributed by atoms with Gasteiger partial charge in [-0.1, -0.05) is 164 Å². The highest BCUT2D eigenvalue weighted by atomic mass is 32.1. The quantitative estimate of drug-likeness (QED) is 0.168. The molecular weight excluding hydrogens is 757 g/mol. The first-order chi connectivity index (χ1) is 30.1. The summed E-state index contributed by atoms with van der Waals surface area (Å²) < 4.78 is 2.60. The molecule has 61 heavy (non-hydrogen) atoms. The molecule has 286 valence electrons. The summed E-state index contributed by atoms with van der Waals surface area (Å²) in [5.41, 5.74) is 15.7. The second-order valence-corrected chi connectivity index (χ2v) is 17.3. The molecule has 0 bridgehead atoms. The van der Waals surface area contributed by atoms with Crippen molar-refractivity contribution in [2.24, 2.45) is 0 Å². The van der Waals surface area contributed by atoms with E-state index in [4.69, 9.17) is 9.97 Å². The fraction of sp³-hybridized carbons (Fsp3) is 0.0345. The number of nitrogens with zero attached hydrogens (tertiary/aromatic N) is 2. The molecule has 3 heteroatoms. The Morgan fingerprint density at radius 2 is 0.984 bits per heavy atom.